The molecule has 0 heterocycles. The van der Waals surface area contributed by atoms with Gasteiger partial charge in [-0.15, -0.1) is 0 Å². The molecule has 0 saturated heterocycles. The lowest BCUT2D eigenvalue weighted by Crippen LogP contribution is -2.42. The van der Waals surface area contributed by atoms with Gasteiger partial charge in [-0.3, -0.25) is 4.79 Å². The van der Waals surface area contributed by atoms with Crippen molar-refractivity contribution in [3.05, 3.63) is 0 Å². The van der Waals surface area contributed by atoms with E-state index in [0.29, 0.717) is 13.0 Å². The molecule has 0 saturated carbocycles. The smallest absolute Gasteiger partial charge is 0.321 e. The normalized spacial score (nSPS) is 13.5. The Bertz CT molecular complexity index is 233. The average molecular weight is 210 g/mol. The first kappa shape index (κ1) is 12.3. The van der Waals surface area contributed by atoms with E-state index in [4.69, 9.17) is 10.8 Å². The SMILES string of the molecule is CCCN(C[C@H](N)C(=O)O)[SH](=O)=O. The molecule has 0 aliphatic carbocycles. The maximum atomic E-state index is 10.6. The Labute approximate surface area is 78.4 Å². The highest BCUT2D eigenvalue weighted by atomic mass is 32.2. The summed E-state index contributed by atoms with van der Waals surface area (Å²) < 4.78 is 22.2. The molecule has 0 aliphatic heterocycles. The summed E-state index contributed by atoms with van der Waals surface area (Å²) in [6.45, 7) is 1.94. The van der Waals surface area contributed by atoms with Crippen LogP contribution in [0.25, 0.3) is 0 Å². The van der Waals surface area contributed by atoms with Crippen LogP contribution in [0.2, 0.25) is 0 Å². The summed E-state index contributed by atoms with van der Waals surface area (Å²) in [5, 5.41) is 8.43. The highest BCUT2D eigenvalue weighted by molar-refractivity contribution is 7.69. The monoisotopic (exact) mass is 210 g/mol. The van der Waals surface area contributed by atoms with Crippen molar-refractivity contribution in [1.29, 1.82) is 0 Å². The summed E-state index contributed by atoms with van der Waals surface area (Å²) in [7, 11) is -2.74. The predicted octanol–water partition coefficient (Wildman–Crippen LogP) is -1.36. The molecule has 78 valence electrons. The van der Waals surface area contributed by atoms with E-state index in [-0.39, 0.29) is 6.54 Å². The van der Waals surface area contributed by atoms with Gasteiger partial charge in [0.05, 0.1) is 0 Å². The summed E-state index contributed by atoms with van der Waals surface area (Å²) in [6, 6.07) is -1.15. The fourth-order valence-corrected chi connectivity index (χ4v) is 1.48. The quantitative estimate of drug-likeness (QED) is 0.470. The predicted molar refractivity (Wildman–Crippen MR) is 47.8 cm³/mol. The number of carboxylic acids is 1. The van der Waals surface area contributed by atoms with Gasteiger partial charge < -0.3 is 10.8 Å². The lowest BCUT2D eigenvalue weighted by atomic mass is 10.3. The zero-order chi connectivity index (χ0) is 10.4. The molecule has 1 atom stereocenters. The van der Waals surface area contributed by atoms with Crippen LogP contribution in [0.5, 0.6) is 0 Å². The molecular formula is C6H14N2O4S. The summed E-state index contributed by atoms with van der Waals surface area (Å²) in [5.41, 5.74) is 5.18. The number of nitrogens with two attached hydrogens (primary N) is 1. The number of nitrogens with zero attached hydrogens (tertiary/aromatic N) is 1. The van der Waals surface area contributed by atoms with Gasteiger partial charge in [0.25, 0.3) is 0 Å². The molecule has 7 heteroatoms. The molecular weight excluding hydrogens is 196 g/mol. The maximum absolute atomic E-state index is 10.6. The molecule has 0 unspecified atom stereocenters. The van der Waals surface area contributed by atoms with Gasteiger partial charge in [0, 0.05) is 13.1 Å². The van der Waals surface area contributed by atoms with Crippen molar-refractivity contribution >= 4 is 16.9 Å². The van der Waals surface area contributed by atoms with Crippen molar-refractivity contribution in [3.8, 4) is 0 Å². The van der Waals surface area contributed by atoms with Crippen LogP contribution in [0.1, 0.15) is 13.3 Å². The Hall–Kier alpha value is -0.660. The number of carboxylic acid groups (broad SMARTS) is 1. The van der Waals surface area contributed by atoms with E-state index in [2.05, 4.69) is 0 Å². The Balaban J connectivity index is 4.17. The van der Waals surface area contributed by atoms with Gasteiger partial charge in [0.2, 0.25) is 10.9 Å². The number of hydrogen-bond acceptors (Lipinski definition) is 4. The van der Waals surface area contributed by atoms with Crippen molar-refractivity contribution in [1.82, 2.24) is 4.31 Å². The van der Waals surface area contributed by atoms with Crippen LogP contribution in [0.3, 0.4) is 0 Å². The number of aliphatic carboxylic acids is 1. The van der Waals surface area contributed by atoms with Crippen LogP contribution in [0.15, 0.2) is 0 Å². The average Bonchev–Trinajstić information content (AvgIpc) is 2.03. The Morgan fingerprint density at radius 3 is 2.46 bits per heavy atom. The van der Waals surface area contributed by atoms with E-state index in [1.54, 1.807) is 6.92 Å². The number of thiol groups is 1. The first-order chi connectivity index (χ1) is 5.99. The molecule has 0 aromatic carbocycles. The molecule has 13 heavy (non-hydrogen) atoms. The van der Waals surface area contributed by atoms with E-state index in [0.717, 1.165) is 4.31 Å². The largest absolute Gasteiger partial charge is 0.480 e. The molecule has 0 aromatic heterocycles. The summed E-state index contributed by atoms with van der Waals surface area (Å²) in [6.07, 6.45) is 0.635. The van der Waals surface area contributed by atoms with Crippen molar-refractivity contribution in [3.63, 3.8) is 0 Å². The first-order valence-electron chi connectivity index (χ1n) is 3.86. The van der Waals surface area contributed by atoms with E-state index < -0.39 is 22.9 Å². The summed E-state index contributed by atoms with van der Waals surface area (Å²) in [4.78, 5) is 10.3. The number of hydrogen-bond donors (Lipinski definition) is 3. The topological polar surface area (TPSA) is 101 Å². The van der Waals surface area contributed by atoms with Crippen LogP contribution >= 0.6 is 0 Å². The zero-order valence-corrected chi connectivity index (χ0v) is 8.24. The molecule has 0 spiro atoms. The molecule has 0 amide bonds. The van der Waals surface area contributed by atoms with E-state index in [1.165, 1.54) is 0 Å². The van der Waals surface area contributed by atoms with Gasteiger partial charge in [-0.1, -0.05) is 6.92 Å². The van der Waals surface area contributed by atoms with Crippen molar-refractivity contribution < 1.29 is 18.3 Å². The second kappa shape index (κ2) is 5.90. The van der Waals surface area contributed by atoms with Gasteiger partial charge in [0.15, 0.2) is 0 Å². The highest BCUT2D eigenvalue weighted by Gasteiger charge is 2.17. The second-order valence-electron chi connectivity index (χ2n) is 2.60. The van der Waals surface area contributed by atoms with E-state index >= 15 is 0 Å². The lowest BCUT2D eigenvalue weighted by molar-refractivity contribution is -0.138. The first-order valence-corrected chi connectivity index (χ1v) is 4.99. The molecule has 6 nitrogen and oxygen atoms in total. The van der Waals surface area contributed by atoms with Gasteiger partial charge >= 0.3 is 5.97 Å². The van der Waals surface area contributed by atoms with Crippen LogP contribution < -0.4 is 5.73 Å². The Morgan fingerprint density at radius 1 is 1.62 bits per heavy atom. The van der Waals surface area contributed by atoms with Gasteiger partial charge in [-0.05, 0) is 6.42 Å². The Morgan fingerprint density at radius 2 is 2.15 bits per heavy atom. The number of carbonyl (C=O) groups is 1. The van der Waals surface area contributed by atoms with Gasteiger partial charge in [0.1, 0.15) is 6.04 Å². The minimum absolute atomic E-state index is 0.165. The third kappa shape index (κ3) is 4.81. The molecule has 0 aromatic rings. The molecule has 3 N–H and O–H groups in total. The summed E-state index contributed by atoms with van der Waals surface area (Å²) >= 11 is 0. The second-order valence-corrected chi connectivity index (χ2v) is 3.64. The highest BCUT2D eigenvalue weighted by Crippen LogP contribution is 1.93. The third-order valence-electron chi connectivity index (χ3n) is 1.44. The fraction of sp³-hybridized carbons (Fsp3) is 0.833. The van der Waals surface area contributed by atoms with E-state index in [1.807, 2.05) is 0 Å². The molecule has 0 radical (unpaired) electrons. The molecule has 0 rings (SSSR count). The number of rotatable bonds is 6. The summed E-state index contributed by atoms with van der Waals surface area (Å²) in [5.74, 6) is -1.20. The van der Waals surface area contributed by atoms with Crippen LogP contribution in [0, 0.1) is 0 Å². The standard InChI is InChI=1S/C6H14N2O4S/c1-2-3-8(13(11)12)4-5(7)6(9)10/h5,13H,2-4,7H2,1H3,(H,9,10)/t5-/m0/s1. The van der Waals surface area contributed by atoms with Crippen molar-refractivity contribution in [2.75, 3.05) is 13.1 Å². The minimum Gasteiger partial charge on any atom is -0.480 e. The fourth-order valence-electron chi connectivity index (χ4n) is 0.803. The third-order valence-corrected chi connectivity index (χ3v) is 2.26. The lowest BCUT2D eigenvalue weighted by Gasteiger charge is -2.16. The van der Waals surface area contributed by atoms with Crippen LogP contribution in [0.4, 0.5) is 0 Å². The van der Waals surface area contributed by atoms with Gasteiger partial charge in [-0.25, -0.2) is 12.7 Å². The van der Waals surface area contributed by atoms with Gasteiger partial charge in [-0.2, -0.15) is 0 Å². The molecule has 0 fully saturated rings. The minimum atomic E-state index is -2.74. The molecule has 0 bridgehead atoms. The maximum Gasteiger partial charge on any atom is 0.321 e. The van der Waals surface area contributed by atoms with Crippen molar-refractivity contribution in [2.24, 2.45) is 5.73 Å². The van der Waals surface area contributed by atoms with Crippen LogP contribution in [-0.2, 0) is 15.7 Å². The van der Waals surface area contributed by atoms with E-state index in [9.17, 15) is 13.2 Å². The van der Waals surface area contributed by atoms with Crippen LogP contribution in [-0.4, -0.2) is 42.9 Å². The Kier molecular flexibility index (Phi) is 5.60. The van der Waals surface area contributed by atoms with Crippen molar-refractivity contribution in [2.45, 2.75) is 19.4 Å². The zero-order valence-electron chi connectivity index (χ0n) is 7.34. The molecule has 0 aliphatic rings.